The molecule has 0 aliphatic rings. The summed E-state index contributed by atoms with van der Waals surface area (Å²) in [6, 6.07) is 0. The van der Waals surface area contributed by atoms with Gasteiger partial charge >= 0.3 is 0 Å². The third kappa shape index (κ3) is 4.36. The predicted molar refractivity (Wildman–Crippen MR) is 54.0 cm³/mol. The van der Waals surface area contributed by atoms with Gasteiger partial charge in [-0.05, 0) is 24.9 Å². The first-order valence-electron chi connectivity index (χ1n) is 3.88. The van der Waals surface area contributed by atoms with Gasteiger partial charge in [0.05, 0.1) is 6.61 Å². The zero-order valence-electron chi connectivity index (χ0n) is 7.42. The first kappa shape index (κ1) is 10.6. The molecule has 0 N–H and O–H groups in total. The Balaban J connectivity index is 2.16. The third-order valence-corrected chi connectivity index (χ3v) is 2.33. The molecule has 0 atom stereocenters. The highest BCUT2D eigenvalue weighted by Gasteiger charge is 2.00. The molecule has 0 unspecified atom stereocenters. The lowest BCUT2D eigenvalue weighted by atomic mass is 10.3. The van der Waals surface area contributed by atoms with Crippen LogP contribution in [-0.4, -0.2) is 16.8 Å². The van der Waals surface area contributed by atoms with Crippen LogP contribution in [0, 0.1) is 0 Å². The molecule has 0 saturated carbocycles. The van der Waals surface area contributed by atoms with Crippen molar-refractivity contribution in [2.45, 2.75) is 20.0 Å². The van der Waals surface area contributed by atoms with Crippen LogP contribution in [0.25, 0.3) is 0 Å². The van der Waals surface area contributed by atoms with Gasteiger partial charge in [0.25, 0.3) is 0 Å². The predicted octanol–water partition coefficient (Wildman–Crippen LogP) is 2.67. The van der Waals surface area contributed by atoms with Crippen LogP contribution in [0.1, 0.15) is 18.4 Å². The standard InChI is InChI=1S/C8H11ClN2OS/c1-6(2)3-4-12-5-7-10-11-8(9)13-7/h1,3-5H2,2H3. The normalized spacial score (nSPS) is 10.3. The average Bonchev–Trinajstić information content (AvgIpc) is 2.45. The number of nitrogens with zero attached hydrogens (tertiary/aromatic N) is 2. The monoisotopic (exact) mass is 218 g/mol. The fourth-order valence-electron chi connectivity index (χ4n) is 0.697. The maximum absolute atomic E-state index is 5.60. The van der Waals surface area contributed by atoms with E-state index in [9.17, 15) is 0 Å². The van der Waals surface area contributed by atoms with Crippen molar-refractivity contribution in [3.05, 3.63) is 21.6 Å². The van der Waals surface area contributed by atoms with Crippen LogP contribution >= 0.6 is 22.9 Å². The second-order valence-corrected chi connectivity index (χ2v) is 4.35. The van der Waals surface area contributed by atoms with Gasteiger partial charge in [-0.25, -0.2) is 0 Å². The Bertz CT molecular complexity index is 287. The minimum absolute atomic E-state index is 0.457. The van der Waals surface area contributed by atoms with Gasteiger partial charge in [0.1, 0.15) is 11.6 Å². The first-order chi connectivity index (χ1) is 6.18. The van der Waals surface area contributed by atoms with E-state index in [1.54, 1.807) is 0 Å². The molecule has 72 valence electrons. The molecule has 1 heterocycles. The fourth-order valence-corrected chi connectivity index (χ4v) is 1.50. The van der Waals surface area contributed by atoms with Crippen molar-refractivity contribution in [2.75, 3.05) is 6.61 Å². The van der Waals surface area contributed by atoms with E-state index >= 15 is 0 Å². The Labute approximate surface area is 86.4 Å². The van der Waals surface area contributed by atoms with Gasteiger partial charge in [0, 0.05) is 0 Å². The van der Waals surface area contributed by atoms with Crippen molar-refractivity contribution < 1.29 is 4.74 Å². The molecule has 1 aromatic rings. The van der Waals surface area contributed by atoms with E-state index in [4.69, 9.17) is 16.3 Å². The highest BCUT2D eigenvalue weighted by Crippen LogP contribution is 2.15. The summed E-state index contributed by atoms with van der Waals surface area (Å²) in [4.78, 5) is 0. The molecule has 5 heteroatoms. The van der Waals surface area contributed by atoms with Gasteiger partial charge in [-0.2, -0.15) is 0 Å². The summed E-state index contributed by atoms with van der Waals surface area (Å²) in [5.74, 6) is 0. The molecule has 0 aliphatic heterocycles. The minimum atomic E-state index is 0.457. The minimum Gasteiger partial charge on any atom is -0.374 e. The highest BCUT2D eigenvalue weighted by atomic mass is 35.5. The number of ether oxygens (including phenoxy) is 1. The zero-order chi connectivity index (χ0) is 9.68. The maximum atomic E-state index is 5.60. The fraction of sp³-hybridized carbons (Fsp3) is 0.500. The number of hydrogen-bond donors (Lipinski definition) is 0. The molecule has 0 aromatic carbocycles. The molecule has 0 saturated heterocycles. The Morgan fingerprint density at radius 1 is 1.62 bits per heavy atom. The molecule has 3 nitrogen and oxygen atoms in total. The van der Waals surface area contributed by atoms with Crippen LogP contribution < -0.4 is 0 Å². The lowest BCUT2D eigenvalue weighted by Gasteiger charge is -1.99. The van der Waals surface area contributed by atoms with Crippen molar-refractivity contribution in [3.8, 4) is 0 Å². The molecule has 0 fully saturated rings. The molecule has 1 aromatic heterocycles. The van der Waals surface area contributed by atoms with E-state index < -0.39 is 0 Å². The number of halogens is 1. The van der Waals surface area contributed by atoms with Crippen LogP contribution in [-0.2, 0) is 11.3 Å². The van der Waals surface area contributed by atoms with E-state index in [0.717, 1.165) is 17.0 Å². The highest BCUT2D eigenvalue weighted by molar-refractivity contribution is 7.15. The molecule has 0 aliphatic carbocycles. The van der Waals surface area contributed by atoms with Gasteiger partial charge in [0.2, 0.25) is 4.47 Å². The van der Waals surface area contributed by atoms with Crippen LogP contribution in [0.2, 0.25) is 4.47 Å². The molecule has 0 bridgehead atoms. The topological polar surface area (TPSA) is 35.0 Å². The molecule has 0 spiro atoms. The van der Waals surface area contributed by atoms with Crippen LogP contribution in [0.15, 0.2) is 12.2 Å². The summed E-state index contributed by atoms with van der Waals surface area (Å²) in [7, 11) is 0. The third-order valence-electron chi connectivity index (χ3n) is 1.34. The first-order valence-corrected chi connectivity index (χ1v) is 5.08. The van der Waals surface area contributed by atoms with Crippen molar-refractivity contribution in [1.29, 1.82) is 0 Å². The Hall–Kier alpha value is -0.450. The molecule has 1 rings (SSSR count). The van der Waals surface area contributed by atoms with Crippen molar-refractivity contribution in [1.82, 2.24) is 10.2 Å². The largest absolute Gasteiger partial charge is 0.374 e. The van der Waals surface area contributed by atoms with Crippen molar-refractivity contribution in [3.63, 3.8) is 0 Å². The molecule has 0 radical (unpaired) electrons. The summed E-state index contributed by atoms with van der Waals surface area (Å²) >= 11 is 6.94. The summed E-state index contributed by atoms with van der Waals surface area (Å²) < 4.78 is 5.79. The smallest absolute Gasteiger partial charge is 0.207 e. The van der Waals surface area contributed by atoms with Gasteiger partial charge in [-0.15, -0.1) is 16.8 Å². The molecule has 13 heavy (non-hydrogen) atoms. The summed E-state index contributed by atoms with van der Waals surface area (Å²) in [5.41, 5.74) is 1.12. The average molecular weight is 219 g/mol. The number of hydrogen-bond acceptors (Lipinski definition) is 4. The summed E-state index contributed by atoms with van der Waals surface area (Å²) in [5, 5.41) is 8.30. The Kier molecular flexibility index (Phi) is 4.35. The second-order valence-electron chi connectivity index (χ2n) is 2.71. The van der Waals surface area contributed by atoms with Gasteiger partial charge in [-0.3, -0.25) is 0 Å². The molecule has 0 amide bonds. The molecular formula is C8H11ClN2OS. The SMILES string of the molecule is C=C(C)CCOCc1nnc(Cl)s1. The summed E-state index contributed by atoms with van der Waals surface area (Å²) in [6.45, 7) is 6.91. The summed E-state index contributed by atoms with van der Waals surface area (Å²) in [6.07, 6.45) is 0.881. The van der Waals surface area contributed by atoms with E-state index in [-0.39, 0.29) is 0 Å². The van der Waals surface area contributed by atoms with Crippen molar-refractivity contribution >= 4 is 22.9 Å². The van der Waals surface area contributed by atoms with E-state index in [1.165, 1.54) is 11.3 Å². The van der Waals surface area contributed by atoms with E-state index in [0.29, 0.717) is 17.7 Å². The zero-order valence-corrected chi connectivity index (χ0v) is 8.99. The quantitative estimate of drug-likeness (QED) is 0.563. The van der Waals surface area contributed by atoms with Gasteiger partial charge in [0.15, 0.2) is 0 Å². The van der Waals surface area contributed by atoms with Gasteiger partial charge < -0.3 is 4.74 Å². The van der Waals surface area contributed by atoms with E-state index in [1.807, 2.05) is 6.92 Å². The van der Waals surface area contributed by atoms with Crippen molar-refractivity contribution in [2.24, 2.45) is 0 Å². The lowest BCUT2D eigenvalue weighted by Crippen LogP contribution is -1.95. The van der Waals surface area contributed by atoms with Gasteiger partial charge in [-0.1, -0.05) is 16.9 Å². The second kappa shape index (κ2) is 5.32. The Morgan fingerprint density at radius 3 is 2.92 bits per heavy atom. The number of rotatable bonds is 5. The molecular weight excluding hydrogens is 208 g/mol. The number of aromatic nitrogens is 2. The maximum Gasteiger partial charge on any atom is 0.207 e. The lowest BCUT2D eigenvalue weighted by molar-refractivity contribution is 0.123. The van der Waals surface area contributed by atoms with Crippen LogP contribution in [0.4, 0.5) is 0 Å². The van der Waals surface area contributed by atoms with Crippen LogP contribution in [0.5, 0.6) is 0 Å². The van der Waals surface area contributed by atoms with E-state index in [2.05, 4.69) is 16.8 Å². The Morgan fingerprint density at radius 2 is 2.38 bits per heavy atom. The van der Waals surface area contributed by atoms with Crippen LogP contribution in [0.3, 0.4) is 0 Å².